The highest BCUT2D eigenvalue weighted by Gasteiger charge is 2.32. The van der Waals surface area contributed by atoms with E-state index in [0.29, 0.717) is 25.6 Å². The molecule has 2 unspecified atom stereocenters. The van der Waals surface area contributed by atoms with Crippen molar-refractivity contribution in [1.82, 2.24) is 25.2 Å². The number of hydrogen-bond acceptors (Lipinski definition) is 5. The Kier molecular flexibility index (Phi) is 3.62. The van der Waals surface area contributed by atoms with Gasteiger partial charge in [0.25, 0.3) is 0 Å². The first kappa shape index (κ1) is 13.0. The molecule has 1 aliphatic rings. The van der Waals surface area contributed by atoms with E-state index in [-0.39, 0.29) is 17.9 Å². The number of amides is 1. The van der Waals surface area contributed by atoms with Crippen LogP contribution in [0.15, 0.2) is 24.4 Å². The van der Waals surface area contributed by atoms with Gasteiger partial charge in [-0.15, -0.1) is 10.2 Å². The van der Waals surface area contributed by atoms with Gasteiger partial charge in [-0.1, -0.05) is 6.07 Å². The molecule has 3 rings (SSSR count). The van der Waals surface area contributed by atoms with Gasteiger partial charge in [-0.3, -0.25) is 9.20 Å². The van der Waals surface area contributed by atoms with Crippen LogP contribution >= 0.6 is 0 Å². The van der Waals surface area contributed by atoms with Crippen LogP contribution in [-0.4, -0.2) is 46.8 Å². The SMILES string of the molecule is CNC1COCC1C(=O)NCc1nnc2ccccn12. The molecule has 106 valence electrons. The number of pyridine rings is 1. The van der Waals surface area contributed by atoms with Crippen molar-refractivity contribution >= 4 is 11.6 Å². The Morgan fingerprint density at radius 3 is 3.20 bits per heavy atom. The number of rotatable bonds is 4. The average Bonchev–Trinajstić information content (AvgIpc) is 3.11. The summed E-state index contributed by atoms with van der Waals surface area (Å²) in [4.78, 5) is 12.2. The summed E-state index contributed by atoms with van der Waals surface area (Å²) < 4.78 is 7.19. The summed E-state index contributed by atoms with van der Waals surface area (Å²) >= 11 is 0. The van der Waals surface area contributed by atoms with Gasteiger partial charge in [0.1, 0.15) is 0 Å². The molecule has 2 atom stereocenters. The molecule has 0 aromatic carbocycles. The molecule has 7 nitrogen and oxygen atoms in total. The van der Waals surface area contributed by atoms with E-state index >= 15 is 0 Å². The van der Waals surface area contributed by atoms with Crippen molar-refractivity contribution in [2.75, 3.05) is 20.3 Å². The minimum Gasteiger partial charge on any atom is -0.379 e. The first-order valence-corrected chi connectivity index (χ1v) is 6.61. The van der Waals surface area contributed by atoms with E-state index in [9.17, 15) is 4.79 Å². The Labute approximate surface area is 116 Å². The van der Waals surface area contributed by atoms with E-state index in [1.807, 2.05) is 35.8 Å². The van der Waals surface area contributed by atoms with E-state index in [0.717, 1.165) is 5.65 Å². The van der Waals surface area contributed by atoms with Gasteiger partial charge in [-0.2, -0.15) is 0 Å². The van der Waals surface area contributed by atoms with Crippen molar-refractivity contribution in [3.8, 4) is 0 Å². The molecule has 0 radical (unpaired) electrons. The van der Waals surface area contributed by atoms with Crippen molar-refractivity contribution in [3.63, 3.8) is 0 Å². The van der Waals surface area contributed by atoms with Gasteiger partial charge in [-0.05, 0) is 19.2 Å². The summed E-state index contributed by atoms with van der Waals surface area (Å²) in [6, 6.07) is 5.76. The van der Waals surface area contributed by atoms with Crippen LogP contribution in [0.3, 0.4) is 0 Å². The zero-order chi connectivity index (χ0) is 13.9. The first-order chi connectivity index (χ1) is 9.79. The Bertz CT molecular complexity index is 612. The van der Waals surface area contributed by atoms with Gasteiger partial charge < -0.3 is 15.4 Å². The summed E-state index contributed by atoms with van der Waals surface area (Å²) in [5, 5.41) is 14.1. The van der Waals surface area contributed by atoms with Crippen LogP contribution in [-0.2, 0) is 16.1 Å². The molecular formula is C13H17N5O2. The minimum absolute atomic E-state index is 0.0190. The topological polar surface area (TPSA) is 80.5 Å². The lowest BCUT2D eigenvalue weighted by Crippen LogP contribution is -2.42. The predicted octanol–water partition coefficient (Wildman–Crippen LogP) is -0.420. The molecule has 1 fully saturated rings. The average molecular weight is 275 g/mol. The number of nitrogens with zero attached hydrogens (tertiary/aromatic N) is 3. The largest absolute Gasteiger partial charge is 0.379 e. The van der Waals surface area contributed by atoms with Crippen molar-refractivity contribution in [2.24, 2.45) is 5.92 Å². The van der Waals surface area contributed by atoms with E-state index in [1.54, 1.807) is 0 Å². The van der Waals surface area contributed by atoms with Crippen LogP contribution in [0.2, 0.25) is 0 Å². The lowest BCUT2D eigenvalue weighted by atomic mass is 10.0. The van der Waals surface area contributed by atoms with Crippen LogP contribution in [0.25, 0.3) is 5.65 Å². The molecule has 0 bridgehead atoms. The normalized spacial score (nSPS) is 22.2. The maximum Gasteiger partial charge on any atom is 0.227 e. The summed E-state index contributed by atoms with van der Waals surface area (Å²) in [6.45, 7) is 1.39. The second-order valence-corrected chi connectivity index (χ2v) is 4.80. The molecule has 2 N–H and O–H groups in total. The van der Waals surface area contributed by atoms with Crippen LogP contribution in [0.5, 0.6) is 0 Å². The van der Waals surface area contributed by atoms with Gasteiger partial charge in [-0.25, -0.2) is 0 Å². The van der Waals surface area contributed by atoms with Gasteiger partial charge >= 0.3 is 0 Å². The summed E-state index contributed by atoms with van der Waals surface area (Å²) in [7, 11) is 1.84. The minimum atomic E-state index is -0.154. The fraction of sp³-hybridized carbons (Fsp3) is 0.462. The molecule has 0 saturated carbocycles. The molecule has 2 aromatic heterocycles. The molecule has 1 amide bonds. The number of carbonyl (C=O) groups is 1. The summed E-state index contributed by atoms with van der Waals surface area (Å²) in [6.07, 6.45) is 1.88. The predicted molar refractivity (Wildman–Crippen MR) is 72.0 cm³/mol. The van der Waals surface area contributed by atoms with E-state index in [1.165, 1.54) is 0 Å². The number of ether oxygens (including phenoxy) is 1. The van der Waals surface area contributed by atoms with Crippen molar-refractivity contribution < 1.29 is 9.53 Å². The van der Waals surface area contributed by atoms with Crippen LogP contribution < -0.4 is 10.6 Å². The third-order valence-corrected chi connectivity index (χ3v) is 3.59. The first-order valence-electron chi connectivity index (χ1n) is 6.61. The summed E-state index contributed by atoms with van der Waals surface area (Å²) in [5.74, 6) is 0.544. The van der Waals surface area contributed by atoms with Gasteiger partial charge in [0.2, 0.25) is 5.91 Å². The lowest BCUT2D eigenvalue weighted by Gasteiger charge is -2.15. The van der Waals surface area contributed by atoms with E-state index < -0.39 is 0 Å². The van der Waals surface area contributed by atoms with Crippen molar-refractivity contribution in [1.29, 1.82) is 0 Å². The van der Waals surface area contributed by atoms with Gasteiger partial charge in [0.15, 0.2) is 11.5 Å². The number of hydrogen-bond donors (Lipinski definition) is 2. The molecule has 20 heavy (non-hydrogen) atoms. The maximum atomic E-state index is 12.2. The highest BCUT2D eigenvalue weighted by molar-refractivity contribution is 5.79. The Morgan fingerprint density at radius 2 is 2.35 bits per heavy atom. The molecule has 7 heteroatoms. The zero-order valence-corrected chi connectivity index (χ0v) is 11.2. The third-order valence-electron chi connectivity index (χ3n) is 3.59. The highest BCUT2D eigenvalue weighted by atomic mass is 16.5. The monoisotopic (exact) mass is 275 g/mol. The molecule has 2 aromatic rings. The van der Waals surface area contributed by atoms with Crippen molar-refractivity contribution in [3.05, 3.63) is 30.2 Å². The second-order valence-electron chi connectivity index (χ2n) is 4.80. The number of nitrogens with one attached hydrogen (secondary N) is 2. The standard InChI is InChI=1S/C13H17N5O2/c1-14-10-8-20-7-9(10)13(19)15-6-12-17-16-11-4-2-3-5-18(11)12/h2-5,9-10,14H,6-8H2,1H3,(H,15,19). The quantitative estimate of drug-likeness (QED) is 0.792. The number of aromatic nitrogens is 3. The smallest absolute Gasteiger partial charge is 0.227 e. The lowest BCUT2D eigenvalue weighted by molar-refractivity contribution is -0.125. The highest BCUT2D eigenvalue weighted by Crippen LogP contribution is 2.13. The summed E-state index contributed by atoms with van der Waals surface area (Å²) in [5.41, 5.74) is 0.772. The molecular weight excluding hydrogens is 258 g/mol. The Morgan fingerprint density at radius 1 is 1.45 bits per heavy atom. The molecule has 0 aliphatic carbocycles. The second kappa shape index (κ2) is 5.56. The van der Waals surface area contributed by atoms with E-state index in [2.05, 4.69) is 20.8 Å². The fourth-order valence-corrected chi connectivity index (χ4v) is 2.41. The Balaban J connectivity index is 1.66. The van der Waals surface area contributed by atoms with Crippen LogP contribution in [0.4, 0.5) is 0 Å². The molecule has 1 aliphatic heterocycles. The maximum absolute atomic E-state index is 12.2. The van der Waals surface area contributed by atoms with E-state index in [4.69, 9.17) is 4.74 Å². The molecule has 1 saturated heterocycles. The fourth-order valence-electron chi connectivity index (χ4n) is 2.41. The van der Waals surface area contributed by atoms with Crippen LogP contribution in [0.1, 0.15) is 5.82 Å². The third kappa shape index (κ3) is 2.37. The molecule has 3 heterocycles. The van der Waals surface area contributed by atoms with Crippen molar-refractivity contribution in [2.45, 2.75) is 12.6 Å². The van der Waals surface area contributed by atoms with Crippen LogP contribution in [0, 0.1) is 5.92 Å². The van der Waals surface area contributed by atoms with Gasteiger partial charge in [0, 0.05) is 12.2 Å². The Hall–Kier alpha value is -1.99. The zero-order valence-electron chi connectivity index (χ0n) is 11.2. The number of fused-ring (bicyclic) bond motifs is 1. The number of likely N-dealkylation sites (N-methyl/N-ethyl adjacent to an activating group) is 1. The van der Waals surface area contributed by atoms with Gasteiger partial charge in [0.05, 0.1) is 25.7 Å². The number of carbonyl (C=O) groups excluding carboxylic acids is 1. The molecule has 0 spiro atoms.